The number of carbonyl (C=O) groups excluding carboxylic acids is 1. The van der Waals surface area contributed by atoms with Crippen molar-refractivity contribution in [3.63, 3.8) is 0 Å². The maximum atomic E-state index is 12.7. The van der Waals surface area contributed by atoms with Crippen molar-refractivity contribution in [3.8, 4) is 5.75 Å². The van der Waals surface area contributed by atoms with Crippen LogP contribution >= 0.6 is 0 Å². The van der Waals surface area contributed by atoms with Gasteiger partial charge in [-0.05, 0) is 48.6 Å². The van der Waals surface area contributed by atoms with Crippen LogP contribution in [0.1, 0.15) is 48.4 Å². The third-order valence-corrected chi connectivity index (χ3v) is 7.32. The highest BCUT2D eigenvalue weighted by atomic mass is 16.5. The Morgan fingerprint density at radius 1 is 1.20 bits per heavy atom. The van der Waals surface area contributed by atoms with E-state index in [2.05, 4.69) is 60.0 Å². The molecule has 2 heterocycles. The molecule has 2 aromatic rings. The zero-order chi connectivity index (χ0) is 20.8. The van der Waals surface area contributed by atoms with Crippen LogP contribution in [0.2, 0.25) is 0 Å². The summed E-state index contributed by atoms with van der Waals surface area (Å²) < 4.78 is 5.77. The molecule has 1 aliphatic carbocycles. The Kier molecular flexibility index (Phi) is 5.03. The molecule has 3 aliphatic rings. The van der Waals surface area contributed by atoms with Gasteiger partial charge in [0.25, 0.3) is 0 Å². The Hall–Kier alpha value is -2.37. The average molecular weight is 406 g/mol. The fourth-order valence-electron chi connectivity index (χ4n) is 5.53. The van der Waals surface area contributed by atoms with Gasteiger partial charge in [0, 0.05) is 48.8 Å². The highest BCUT2D eigenvalue weighted by Crippen LogP contribution is 2.60. The second-order valence-corrected chi connectivity index (χ2v) is 9.00. The lowest BCUT2D eigenvalue weighted by atomic mass is 9.92. The number of hydrogen-bond acceptors (Lipinski definition) is 4. The number of benzene rings is 2. The van der Waals surface area contributed by atoms with Gasteiger partial charge in [-0.1, -0.05) is 37.3 Å². The molecule has 1 amide bonds. The number of methoxy groups -OCH3 is 1. The van der Waals surface area contributed by atoms with E-state index in [9.17, 15) is 4.79 Å². The van der Waals surface area contributed by atoms with Gasteiger partial charge in [-0.2, -0.15) is 0 Å². The van der Waals surface area contributed by atoms with Crippen molar-refractivity contribution in [1.82, 2.24) is 10.6 Å². The quantitative estimate of drug-likeness (QED) is 0.798. The van der Waals surface area contributed by atoms with Gasteiger partial charge in [-0.3, -0.25) is 4.79 Å². The third kappa shape index (κ3) is 3.21. The molecule has 5 atom stereocenters. The maximum absolute atomic E-state index is 12.7. The number of piperidine rings is 1. The first-order valence-electron chi connectivity index (χ1n) is 11.1. The van der Waals surface area contributed by atoms with Gasteiger partial charge in [-0.25, -0.2) is 0 Å². The second-order valence-electron chi connectivity index (χ2n) is 9.00. The maximum Gasteiger partial charge on any atom is 0.230 e. The molecule has 2 aromatic carbocycles. The predicted molar refractivity (Wildman–Crippen MR) is 119 cm³/mol. The van der Waals surface area contributed by atoms with Crippen LogP contribution in [0.15, 0.2) is 42.5 Å². The van der Waals surface area contributed by atoms with Crippen molar-refractivity contribution in [2.45, 2.75) is 44.3 Å². The number of anilines is 1. The summed E-state index contributed by atoms with van der Waals surface area (Å²) in [6.45, 7) is 3.95. The van der Waals surface area contributed by atoms with Crippen LogP contribution in [0.25, 0.3) is 0 Å². The molecule has 0 bridgehead atoms. The summed E-state index contributed by atoms with van der Waals surface area (Å²) in [5.74, 6) is 2.10. The van der Waals surface area contributed by atoms with Crippen LogP contribution in [0.3, 0.4) is 0 Å². The van der Waals surface area contributed by atoms with E-state index in [0.29, 0.717) is 23.9 Å². The number of amides is 1. The Morgan fingerprint density at radius 3 is 2.77 bits per heavy atom. The molecule has 30 heavy (non-hydrogen) atoms. The number of carbonyl (C=O) groups is 1. The molecule has 1 saturated carbocycles. The molecule has 5 nitrogen and oxygen atoms in total. The predicted octanol–water partition coefficient (Wildman–Crippen LogP) is 3.60. The highest BCUT2D eigenvalue weighted by Gasteiger charge is 2.57. The van der Waals surface area contributed by atoms with Crippen LogP contribution in [-0.2, 0) is 11.3 Å². The van der Waals surface area contributed by atoms with Crippen molar-refractivity contribution >= 4 is 11.6 Å². The van der Waals surface area contributed by atoms with E-state index in [1.165, 1.54) is 17.5 Å². The van der Waals surface area contributed by atoms with Gasteiger partial charge < -0.3 is 20.3 Å². The number of rotatable bonds is 5. The minimum Gasteiger partial charge on any atom is -0.496 e. The molecule has 5 rings (SSSR count). The summed E-state index contributed by atoms with van der Waals surface area (Å²) in [5, 5.41) is 7.46. The van der Waals surface area contributed by atoms with Crippen LogP contribution in [0.5, 0.6) is 5.75 Å². The molecule has 2 fully saturated rings. The average Bonchev–Trinajstić information content (AvgIpc) is 3.47. The fourth-order valence-corrected chi connectivity index (χ4v) is 5.53. The van der Waals surface area contributed by atoms with Crippen molar-refractivity contribution in [2.24, 2.45) is 11.8 Å². The number of hydrogen-bond donors (Lipinski definition) is 2. The Bertz CT molecular complexity index is 945. The number of ether oxygens (including phenoxy) is 1. The first-order chi connectivity index (χ1) is 14.6. The normalized spacial score (nSPS) is 29.9. The largest absolute Gasteiger partial charge is 0.496 e. The summed E-state index contributed by atoms with van der Waals surface area (Å²) in [5.41, 5.74) is 4.74. The lowest BCUT2D eigenvalue weighted by Gasteiger charge is -2.34. The molecule has 0 spiro atoms. The molecule has 2 aliphatic heterocycles. The summed E-state index contributed by atoms with van der Waals surface area (Å²) in [6.07, 6.45) is 2.31. The Balaban J connectivity index is 1.39. The third-order valence-electron chi connectivity index (χ3n) is 7.32. The van der Waals surface area contributed by atoms with E-state index in [4.69, 9.17) is 4.74 Å². The topological polar surface area (TPSA) is 53.6 Å². The summed E-state index contributed by atoms with van der Waals surface area (Å²) in [7, 11) is 3.65. The Morgan fingerprint density at radius 2 is 2.00 bits per heavy atom. The van der Waals surface area contributed by atoms with Crippen LogP contribution < -0.4 is 20.3 Å². The van der Waals surface area contributed by atoms with Crippen molar-refractivity contribution in [3.05, 3.63) is 59.2 Å². The molecule has 5 heteroatoms. The lowest BCUT2D eigenvalue weighted by Crippen LogP contribution is -2.45. The molecule has 5 unspecified atom stereocenters. The first kappa shape index (κ1) is 19.6. The van der Waals surface area contributed by atoms with E-state index >= 15 is 0 Å². The molecule has 0 aromatic heterocycles. The SMILES string of the molecule is COc1cc2c(cc1CNC1CCCNC1c1ccccc1)N(C)C(=O)C1C(C)C21. The first-order valence-corrected chi connectivity index (χ1v) is 11.1. The second kappa shape index (κ2) is 7.71. The fraction of sp³-hybridized carbons (Fsp3) is 0.480. The lowest BCUT2D eigenvalue weighted by molar-refractivity contribution is -0.120. The Labute approximate surface area is 178 Å². The van der Waals surface area contributed by atoms with Crippen LogP contribution in [-0.4, -0.2) is 32.7 Å². The monoisotopic (exact) mass is 405 g/mol. The zero-order valence-corrected chi connectivity index (χ0v) is 18.0. The molecule has 1 saturated heterocycles. The smallest absolute Gasteiger partial charge is 0.230 e. The molecule has 0 radical (unpaired) electrons. The summed E-state index contributed by atoms with van der Waals surface area (Å²) in [4.78, 5) is 14.5. The number of nitrogens with one attached hydrogen (secondary N) is 2. The van der Waals surface area contributed by atoms with E-state index in [1.807, 2.05) is 11.9 Å². The van der Waals surface area contributed by atoms with E-state index in [0.717, 1.165) is 36.5 Å². The molecular weight excluding hydrogens is 374 g/mol. The van der Waals surface area contributed by atoms with Gasteiger partial charge in [0.15, 0.2) is 0 Å². The number of nitrogens with zero attached hydrogens (tertiary/aromatic N) is 1. The summed E-state index contributed by atoms with van der Waals surface area (Å²) >= 11 is 0. The van der Waals surface area contributed by atoms with Gasteiger partial charge in [0.1, 0.15) is 5.75 Å². The van der Waals surface area contributed by atoms with Gasteiger partial charge >= 0.3 is 0 Å². The number of fused-ring (bicyclic) bond motifs is 3. The van der Waals surface area contributed by atoms with Crippen molar-refractivity contribution in [2.75, 3.05) is 25.6 Å². The van der Waals surface area contributed by atoms with Gasteiger partial charge in [0.05, 0.1) is 7.11 Å². The van der Waals surface area contributed by atoms with Crippen molar-refractivity contribution < 1.29 is 9.53 Å². The minimum atomic E-state index is 0.149. The van der Waals surface area contributed by atoms with E-state index in [1.54, 1.807) is 7.11 Å². The molecular formula is C25H31N3O2. The van der Waals surface area contributed by atoms with Crippen LogP contribution in [0.4, 0.5) is 5.69 Å². The van der Waals surface area contributed by atoms with E-state index in [-0.39, 0.29) is 11.8 Å². The van der Waals surface area contributed by atoms with E-state index < -0.39 is 0 Å². The molecule has 2 N–H and O–H groups in total. The summed E-state index contributed by atoms with van der Waals surface area (Å²) in [6, 6.07) is 15.7. The zero-order valence-electron chi connectivity index (χ0n) is 18.0. The van der Waals surface area contributed by atoms with Gasteiger partial charge in [-0.15, -0.1) is 0 Å². The standard InChI is InChI=1S/C25H31N3O2/c1-15-22-18-13-21(30-3)17(12-20(18)28(2)25(29)23(15)22)14-27-19-10-7-11-26-24(19)16-8-5-4-6-9-16/h4-6,8-9,12-13,15,19,22-24,26-27H,7,10-11,14H2,1-3H3. The minimum absolute atomic E-state index is 0.149. The van der Waals surface area contributed by atoms with Gasteiger partial charge in [0.2, 0.25) is 5.91 Å². The highest BCUT2D eigenvalue weighted by molar-refractivity contribution is 6.01. The van der Waals surface area contributed by atoms with Crippen molar-refractivity contribution in [1.29, 1.82) is 0 Å². The van der Waals surface area contributed by atoms with Crippen LogP contribution in [0, 0.1) is 11.8 Å². The molecule has 158 valence electrons.